The maximum Gasteiger partial charge on any atom is 0.252 e. The third-order valence-corrected chi connectivity index (χ3v) is 14.6. The van der Waals surface area contributed by atoms with Crippen LogP contribution in [-0.4, -0.2) is 385 Å². The topological polar surface area (TPSA) is 605 Å². The molecule has 0 aromatic carbocycles. The second-order valence-corrected chi connectivity index (χ2v) is 19.9. The van der Waals surface area contributed by atoms with Gasteiger partial charge in [0.25, 0.3) is 5.91 Å². The Morgan fingerprint density at radius 1 is 0.402 bits per heavy atom. The third kappa shape index (κ3) is 14.8. The summed E-state index contributed by atoms with van der Waals surface area (Å²) >= 11 is 0. The predicted molar refractivity (Wildman–Crippen MR) is 249 cm³/mol. The Hall–Kier alpha value is -2.37. The molecular weight excluding hydrogens is 1130 g/mol. The van der Waals surface area contributed by atoms with Crippen LogP contribution < -0.4 is 5.32 Å². The summed E-state index contributed by atoms with van der Waals surface area (Å²) in [6, 6.07) is 0. The van der Waals surface area contributed by atoms with E-state index in [9.17, 15) is 122 Å². The number of terminal acetylenes is 1. The Bertz CT molecular complexity index is 1970. The van der Waals surface area contributed by atoms with Crippen LogP contribution in [0.3, 0.4) is 0 Å². The van der Waals surface area contributed by atoms with Crippen molar-refractivity contribution >= 4 is 5.91 Å². The molecule has 24 N–H and O–H groups in total. The highest BCUT2D eigenvalue weighted by atomic mass is 16.8. The van der Waals surface area contributed by atoms with Crippen LogP contribution in [0.15, 0.2) is 0 Å². The number of ether oxygens (including phenoxy) is 12. The van der Waals surface area contributed by atoms with Gasteiger partial charge in [0.15, 0.2) is 43.8 Å². The van der Waals surface area contributed by atoms with Crippen molar-refractivity contribution in [1.82, 2.24) is 5.32 Å². The van der Waals surface area contributed by atoms with Gasteiger partial charge in [-0.15, -0.1) is 6.42 Å². The van der Waals surface area contributed by atoms with Gasteiger partial charge in [-0.25, -0.2) is 0 Å². The largest absolute Gasteiger partial charge is 0.394 e. The second kappa shape index (κ2) is 30.5. The highest BCUT2D eigenvalue weighted by molar-refractivity contribution is 5.81. The van der Waals surface area contributed by atoms with Crippen molar-refractivity contribution in [2.45, 2.75) is 209 Å². The number of hydrogen-bond acceptors (Lipinski definition) is 36. The van der Waals surface area contributed by atoms with E-state index in [1.807, 2.05) is 5.92 Å². The smallest absolute Gasteiger partial charge is 0.252 e. The van der Waals surface area contributed by atoms with Gasteiger partial charge in [-0.05, 0) is 0 Å². The number of hydrogen-bond donors (Lipinski definition) is 24. The van der Waals surface area contributed by atoms with Crippen molar-refractivity contribution in [3.63, 3.8) is 0 Å². The molecule has 37 heteroatoms. The Balaban J connectivity index is 1.06. The summed E-state index contributed by atoms with van der Waals surface area (Å²) in [6.07, 6.45) is -63.4. The first-order valence-electron chi connectivity index (χ1n) is 25.6. The first-order valence-corrected chi connectivity index (χ1v) is 25.6. The maximum absolute atomic E-state index is 12.2. The number of aliphatic hydroxyl groups is 23. The lowest BCUT2D eigenvalue weighted by atomic mass is 9.95. The summed E-state index contributed by atoms with van der Waals surface area (Å²) in [6.45, 7) is -7.70. The lowest BCUT2D eigenvalue weighted by Crippen LogP contribution is -2.68. The van der Waals surface area contributed by atoms with Gasteiger partial charge >= 0.3 is 0 Å². The van der Waals surface area contributed by atoms with E-state index in [0.29, 0.717) is 0 Å². The van der Waals surface area contributed by atoms with Crippen LogP contribution in [-0.2, 0) is 61.6 Å². The Kier molecular flexibility index (Phi) is 25.6. The van der Waals surface area contributed by atoms with Crippen molar-refractivity contribution in [3.05, 3.63) is 0 Å². The number of rotatable bonds is 24. The number of amides is 1. The first kappa shape index (κ1) is 68.7. The normalized spacial score (nSPS) is 47.2. The van der Waals surface area contributed by atoms with Crippen molar-refractivity contribution in [2.24, 2.45) is 0 Å². The summed E-state index contributed by atoms with van der Waals surface area (Å²) in [4.78, 5) is 12.2. The van der Waals surface area contributed by atoms with Gasteiger partial charge in [0, 0.05) is 0 Å². The third-order valence-electron chi connectivity index (χ3n) is 14.6. The summed E-state index contributed by atoms with van der Waals surface area (Å²) in [5, 5.41) is 246. The molecule has 0 spiro atoms. The second-order valence-electron chi connectivity index (χ2n) is 19.9. The molecule has 82 heavy (non-hydrogen) atoms. The van der Waals surface area contributed by atoms with E-state index in [4.69, 9.17) is 63.3 Å². The highest BCUT2D eigenvalue weighted by Gasteiger charge is 2.58. The molecule has 37 nitrogen and oxygen atoms in total. The summed E-state index contributed by atoms with van der Waals surface area (Å²) in [5.74, 6) is 0.804. The average Bonchev–Trinajstić information content (AvgIpc) is 3.62. The van der Waals surface area contributed by atoms with E-state index < -0.39 is 267 Å². The van der Waals surface area contributed by atoms with Crippen LogP contribution in [0.1, 0.15) is 0 Å². The fourth-order valence-corrected chi connectivity index (χ4v) is 9.85. The minimum absolute atomic E-state index is 0.391. The standard InChI is InChI=1S/C45H75NO36/c1-2-3-46-39(70)26(63)20(57)33(11(54)4-47)77-41-28(65)21(58)35(13(6-49)72-41)79-43-30(67)23(60)37(15(8-51)74-43)81-45-32(69)25(62)38(17(10-53)76-45)82-44-31(68)24(61)36(16(9-52)75-44)80-42-29(66)22(59)34(14(7-50)73-42)78-40-27(64)19(56)18(55)12(5-48)71-40/h1,11-38,40-45,47-69H,3-10H2,(H,46,70)/t11?,12-,13-,14-,15-,16-,17-,18-,19+,20?,21-,22-,23-,24-,25-,26?,27-,28-,29-,30-,31-,32-,33?,34-,35-,36-,37-,38-,40-,41-,42-,43-,44-,45-/m1/s1. The van der Waals surface area contributed by atoms with Gasteiger partial charge in [0.2, 0.25) is 0 Å². The molecule has 0 aromatic rings. The zero-order valence-corrected chi connectivity index (χ0v) is 43.0. The van der Waals surface area contributed by atoms with Crippen LogP contribution in [0.5, 0.6) is 0 Å². The minimum atomic E-state index is -2.35. The summed E-state index contributed by atoms with van der Waals surface area (Å²) in [7, 11) is 0. The molecule has 6 aliphatic rings. The fraction of sp³-hybridized carbons (Fsp3) is 0.933. The predicted octanol–water partition coefficient (Wildman–Crippen LogP) is -16.9. The van der Waals surface area contributed by atoms with Crippen LogP contribution in [0.2, 0.25) is 0 Å². The maximum atomic E-state index is 12.2. The van der Waals surface area contributed by atoms with Crippen LogP contribution >= 0.6 is 0 Å². The van der Waals surface area contributed by atoms with E-state index in [0.717, 1.165) is 0 Å². The van der Waals surface area contributed by atoms with Gasteiger partial charge in [0.05, 0.1) is 52.8 Å². The molecular formula is C45H75NO36. The lowest BCUT2D eigenvalue weighted by Gasteiger charge is -2.50. The highest BCUT2D eigenvalue weighted by Crippen LogP contribution is 2.37. The summed E-state index contributed by atoms with van der Waals surface area (Å²) < 4.78 is 66.7. The van der Waals surface area contributed by atoms with E-state index >= 15 is 0 Å². The molecule has 0 aromatic heterocycles. The van der Waals surface area contributed by atoms with Crippen LogP contribution in [0.4, 0.5) is 0 Å². The molecule has 4 unspecified atom stereocenters. The molecule has 6 aliphatic heterocycles. The zero-order valence-electron chi connectivity index (χ0n) is 43.0. The van der Waals surface area contributed by atoms with Gasteiger partial charge in [-0.2, -0.15) is 0 Å². The van der Waals surface area contributed by atoms with Gasteiger partial charge in [0.1, 0.15) is 165 Å². The number of carbonyl (C=O) groups excluding carboxylic acids is 1. The van der Waals surface area contributed by atoms with E-state index in [1.165, 1.54) is 0 Å². The Morgan fingerprint density at radius 2 is 0.671 bits per heavy atom. The average molecular weight is 1210 g/mol. The SMILES string of the molecule is C#CCNC(=O)C(O)C(O)C(O[C@H]1O[C@H](CO)[C@@H](O[C@H]2O[C@H](CO)[C@@H](O[C@H]3O[C@H](CO)[C@@H](O[C@H]4O[C@H](CO)[C@@H](O[C@H]5O[C@H](CO)[C@@H](O[C@H]6O[C@H](CO)[C@@H](O)[C@H](O)[C@H]6O)[C@H](O)[C@H]5O)[C@H](O)[C@H]4O)[C@H](O)[C@H]3O)[C@H](O)[C@H]2O)[C@H](O)[C@H]1O)C(O)CO. The molecule has 0 saturated carbocycles. The molecule has 476 valence electrons. The molecule has 34 atom stereocenters. The molecule has 6 saturated heterocycles. The fourth-order valence-electron chi connectivity index (χ4n) is 9.85. The minimum Gasteiger partial charge on any atom is -0.394 e. The monoisotopic (exact) mass is 1210 g/mol. The lowest BCUT2D eigenvalue weighted by molar-refractivity contribution is -0.397. The summed E-state index contributed by atoms with van der Waals surface area (Å²) in [5.41, 5.74) is 0. The van der Waals surface area contributed by atoms with Gasteiger partial charge < -0.3 is 180 Å². The molecule has 0 radical (unpaired) electrons. The van der Waals surface area contributed by atoms with Crippen LogP contribution in [0.25, 0.3) is 0 Å². The molecule has 0 aliphatic carbocycles. The van der Waals surface area contributed by atoms with Gasteiger partial charge in [-0.3, -0.25) is 4.79 Å². The molecule has 6 fully saturated rings. The van der Waals surface area contributed by atoms with Crippen molar-refractivity contribution < 1.29 is 179 Å². The Morgan fingerprint density at radius 3 is 0.951 bits per heavy atom. The molecule has 6 rings (SSSR count). The number of carbonyl (C=O) groups is 1. The van der Waals surface area contributed by atoms with Crippen molar-refractivity contribution in [1.29, 1.82) is 0 Å². The molecule has 0 bridgehead atoms. The molecule has 6 heterocycles. The molecule has 1 amide bonds. The number of nitrogens with one attached hydrogen (secondary N) is 1. The van der Waals surface area contributed by atoms with Crippen molar-refractivity contribution in [2.75, 3.05) is 52.8 Å². The number of aliphatic hydroxyl groups excluding tert-OH is 23. The van der Waals surface area contributed by atoms with Crippen molar-refractivity contribution in [3.8, 4) is 12.3 Å². The Labute approximate surface area is 463 Å². The quantitative estimate of drug-likeness (QED) is 0.0399. The van der Waals surface area contributed by atoms with Crippen LogP contribution in [0, 0.1) is 12.3 Å². The first-order chi connectivity index (χ1) is 38.9. The zero-order chi connectivity index (χ0) is 60.8. The van der Waals surface area contributed by atoms with E-state index in [1.54, 1.807) is 0 Å². The van der Waals surface area contributed by atoms with Gasteiger partial charge in [-0.1, -0.05) is 5.92 Å². The van der Waals surface area contributed by atoms with E-state index in [-0.39, 0.29) is 0 Å². The van der Waals surface area contributed by atoms with E-state index in [2.05, 4.69) is 5.32 Å².